The molecular weight excluding hydrogens is 453 g/mol. The summed E-state index contributed by atoms with van der Waals surface area (Å²) in [5.74, 6) is 1.25. The fourth-order valence-corrected chi connectivity index (χ4v) is 2.54. The Morgan fingerprint density at radius 3 is 2.56 bits per heavy atom. The molecule has 27 heavy (non-hydrogen) atoms. The van der Waals surface area contributed by atoms with E-state index in [0.29, 0.717) is 18.8 Å². The molecule has 2 N–H and O–H groups in total. The topological polar surface area (TPSA) is 69.6 Å². The highest BCUT2D eigenvalue weighted by Crippen LogP contribution is 2.09. The number of hydrogen-bond donors (Lipinski definition) is 2. The van der Waals surface area contributed by atoms with Gasteiger partial charge in [0, 0.05) is 39.8 Å². The average molecular weight is 481 g/mol. The molecule has 6 nitrogen and oxygen atoms in total. The highest BCUT2D eigenvalue weighted by molar-refractivity contribution is 14.0. The van der Waals surface area contributed by atoms with Crippen molar-refractivity contribution in [3.63, 3.8) is 0 Å². The first kappa shape index (κ1) is 22.9. The summed E-state index contributed by atoms with van der Waals surface area (Å²) in [6.07, 6.45) is 2.07. The summed E-state index contributed by atoms with van der Waals surface area (Å²) in [7, 11) is 3.73. The number of nitrogens with one attached hydrogen (secondary N) is 2. The highest BCUT2D eigenvalue weighted by Gasteiger charge is 2.09. The molecule has 0 saturated heterocycles. The van der Waals surface area contributed by atoms with Crippen LogP contribution in [0.15, 0.2) is 47.6 Å². The van der Waals surface area contributed by atoms with Gasteiger partial charge in [0.15, 0.2) is 5.96 Å². The number of carbonyl (C=O) groups is 1. The van der Waals surface area contributed by atoms with Crippen molar-refractivity contribution in [2.75, 3.05) is 26.0 Å². The number of carbonyl (C=O) groups excluding carboxylic acids is 1. The minimum absolute atomic E-state index is 0. The van der Waals surface area contributed by atoms with Crippen LogP contribution < -0.4 is 10.6 Å². The number of pyridine rings is 1. The Morgan fingerprint density at radius 2 is 1.93 bits per heavy atom. The molecule has 0 aliphatic carbocycles. The number of aryl methyl sites for hydroxylation is 2. The number of guanidine groups is 1. The van der Waals surface area contributed by atoms with E-state index in [9.17, 15) is 4.79 Å². The van der Waals surface area contributed by atoms with E-state index in [2.05, 4.69) is 39.7 Å². The van der Waals surface area contributed by atoms with Gasteiger partial charge >= 0.3 is 0 Å². The van der Waals surface area contributed by atoms with Crippen molar-refractivity contribution >= 4 is 41.7 Å². The monoisotopic (exact) mass is 481 g/mol. The van der Waals surface area contributed by atoms with Crippen LogP contribution in [-0.2, 0) is 11.3 Å². The van der Waals surface area contributed by atoms with Gasteiger partial charge in [0.05, 0.1) is 0 Å². The van der Waals surface area contributed by atoms with Crippen LogP contribution in [-0.4, -0.2) is 42.4 Å². The second kappa shape index (κ2) is 11.5. The maximum Gasteiger partial charge on any atom is 0.227 e. The summed E-state index contributed by atoms with van der Waals surface area (Å²) in [6.45, 7) is 5.32. The van der Waals surface area contributed by atoms with Crippen molar-refractivity contribution in [1.29, 1.82) is 0 Å². The van der Waals surface area contributed by atoms with Gasteiger partial charge in [-0.1, -0.05) is 30.3 Å². The lowest BCUT2D eigenvalue weighted by atomic mass is 10.1. The minimum Gasteiger partial charge on any atom is -0.356 e. The first-order chi connectivity index (χ1) is 12.5. The molecule has 0 spiro atoms. The zero-order valence-electron chi connectivity index (χ0n) is 16.3. The molecule has 0 saturated carbocycles. The molecule has 1 heterocycles. The Hall–Kier alpha value is -2.16. The Morgan fingerprint density at radius 1 is 1.19 bits per heavy atom. The number of benzene rings is 1. The number of aromatic nitrogens is 1. The van der Waals surface area contributed by atoms with E-state index in [1.54, 1.807) is 19.3 Å². The molecule has 1 aromatic carbocycles. The van der Waals surface area contributed by atoms with Crippen LogP contribution in [0.5, 0.6) is 0 Å². The summed E-state index contributed by atoms with van der Waals surface area (Å²) >= 11 is 0. The molecule has 0 unspecified atom stereocenters. The highest BCUT2D eigenvalue weighted by atomic mass is 127. The van der Waals surface area contributed by atoms with E-state index in [0.717, 1.165) is 18.1 Å². The molecule has 0 atom stereocenters. The van der Waals surface area contributed by atoms with E-state index < -0.39 is 0 Å². The predicted molar refractivity (Wildman–Crippen MR) is 122 cm³/mol. The van der Waals surface area contributed by atoms with E-state index in [1.807, 2.05) is 37.1 Å². The third kappa shape index (κ3) is 7.54. The Bertz CT molecular complexity index is 761. The van der Waals surface area contributed by atoms with E-state index in [1.165, 1.54) is 11.1 Å². The standard InChI is InChI=1S/C20H27N5O.HI/c1-15-9-10-18(23-13-15)24-19(26)11-12-22-20(21-3)25(4)14-17-8-6-5-7-16(17)2;/h5-10,13H,11-12,14H2,1-4H3,(H,21,22)(H,23,24,26);1H. The second-order valence-corrected chi connectivity index (χ2v) is 6.28. The van der Waals surface area contributed by atoms with Crippen LogP contribution in [0.3, 0.4) is 0 Å². The number of aliphatic imine (C=N–C) groups is 1. The number of rotatable bonds is 6. The van der Waals surface area contributed by atoms with Crippen LogP contribution in [0.25, 0.3) is 0 Å². The molecule has 0 aliphatic rings. The molecule has 2 aromatic rings. The van der Waals surface area contributed by atoms with Gasteiger partial charge in [-0.15, -0.1) is 24.0 Å². The number of anilines is 1. The molecule has 0 radical (unpaired) electrons. The normalized spacial score (nSPS) is 10.7. The molecule has 2 rings (SSSR count). The Labute approximate surface area is 178 Å². The second-order valence-electron chi connectivity index (χ2n) is 6.28. The van der Waals surface area contributed by atoms with Crippen LogP contribution in [0.1, 0.15) is 23.1 Å². The van der Waals surface area contributed by atoms with Crippen LogP contribution in [0.4, 0.5) is 5.82 Å². The SMILES string of the molecule is CN=C(NCCC(=O)Nc1ccc(C)cn1)N(C)Cc1ccccc1C.I. The van der Waals surface area contributed by atoms with Crippen LogP contribution in [0, 0.1) is 13.8 Å². The van der Waals surface area contributed by atoms with Crippen LogP contribution in [0.2, 0.25) is 0 Å². The zero-order valence-corrected chi connectivity index (χ0v) is 18.7. The van der Waals surface area contributed by atoms with Gasteiger partial charge in [0.1, 0.15) is 5.82 Å². The molecular formula is C20H28IN5O. The van der Waals surface area contributed by atoms with Gasteiger partial charge in [-0.2, -0.15) is 0 Å². The van der Waals surface area contributed by atoms with Gasteiger partial charge in [-0.25, -0.2) is 4.98 Å². The first-order valence-electron chi connectivity index (χ1n) is 8.68. The fraction of sp³-hybridized carbons (Fsp3) is 0.350. The summed E-state index contributed by atoms with van der Waals surface area (Å²) < 4.78 is 0. The van der Waals surface area contributed by atoms with Gasteiger partial charge in [0.25, 0.3) is 0 Å². The lowest BCUT2D eigenvalue weighted by Gasteiger charge is -2.23. The quantitative estimate of drug-likeness (QED) is 0.377. The maximum atomic E-state index is 12.0. The fourth-order valence-electron chi connectivity index (χ4n) is 2.54. The Kier molecular flexibility index (Phi) is 9.77. The molecule has 1 aromatic heterocycles. The maximum absolute atomic E-state index is 12.0. The van der Waals surface area contributed by atoms with Crippen molar-refractivity contribution in [3.05, 3.63) is 59.3 Å². The third-order valence-corrected chi connectivity index (χ3v) is 4.06. The van der Waals surface area contributed by atoms with Gasteiger partial charge in [-0.3, -0.25) is 9.79 Å². The van der Waals surface area contributed by atoms with Crippen molar-refractivity contribution in [1.82, 2.24) is 15.2 Å². The van der Waals surface area contributed by atoms with Crippen molar-refractivity contribution in [2.24, 2.45) is 4.99 Å². The van der Waals surface area contributed by atoms with Crippen molar-refractivity contribution in [2.45, 2.75) is 26.8 Å². The summed E-state index contributed by atoms with van der Waals surface area (Å²) in [6, 6.07) is 12.0. The average Bonchev–Trinajstić information content (AvgIpc) is 2.62. The smallest absolute Gasteiger partial charge is 0.227 e. The third-order valence-electron chi connectivity index (χ3n) is 4.06. The summed E-state index contributed by atoms with van der Waals surface area (Å²) in [5.41, 5.74) is 3.56. The molecule has 7 heteroatoms. The van der Waals surface area contributed by atoms with E-state index >= 15 is 0 Å². The molecule has 146 valence electrons. The zero-order chi connectivity index (χ0) is 18.9. The summed E-state index contributed by atoms with van der Waals surface area (Å²) in [4.78, 5) is 22.5. The predicted octanol–water partition coefficient (Wildman–Crippen LogP) is 3.35. The lowest BCUT2D eigenvalue weighted by Crippen LogP contribution is -2.39. The summed E-state index contributed by atoms with van der Waals surface area (Å²) in [5, 5.41) is 6.02. The number of halogens is 1. The van der Waals surface area contributed by atoms with Gasteiger partial charge < -0.3 is 15.5 Å². The van der Waals surface area contributed by atoms with Crippen molar-refractivity contribution in [3.8, 4) is 0 Å². The first-order valence-corrected chi connectivity index (χ1v) is 8.68. The Balaban J connectivity index is 0.00000364. The van der Waals surface area contributed by atoms with Gasteiger partial charge in [-0.05, 0) is 36.6 Å². The van der Waals surface area contributed by atoms with Crippen molar-refractivity contribution < 1.29 is 4.79 Å². The number of nitrogens with zero attached hydrogens (tertiary/aromatic N) is 3. The number of hydrogen-bond acceptors (Lipinski definition) is 3. The molecule has 1 amide bonds. The van der Waals surface area contributed by atoms with E-state index in [-0.39, 0.29) is 29.9 Å². The van der Waals surface area contributed by atoms with E-state index in [4.69, 9.17) is 0 Å². The largest absolute Gasteiger partial charge is 0.356 e. The lowest BCUT2D eigenvalue weighted by molar-refractivity contribution is -0.116. The molecule has 0 fully saturated rings. The molecule has 0 bridgehead atoms. The molecule has 0 aliphatic heterocycles. The minimum atomic E-state index is -0.0779. The number of amides is 1. The van der Waals surface area contributed by atoms with Gasteiger partial charge in [0.2, 0.25) is 5.91 Å². The van der Waals surface area contributed by atoms with Crippen LogP contribution >= 0.6 is 24.0 Å².